The maximum Gasteiger partial charge on any atom is 0.319 e. The third-order valence-electron chi connectivity index (χ3n) is 4.38. The number of aryl methyl sites for hydroxylation is 1. The van der Waals surface area contributed by atoms with Crippen LogP contribution >= 0.6 is 15.9 Å². The minimum Gasteiger partial charge on any atom is -0.338 e. The lowest BCUT2D eigenvalue weighted by molar-refractivity contribution is -0.384. The fourth-order valence-electron chi connectivity index (χ4n) is 2.92. The van der Waals surface area contributed by atoms with E-state index >= 15 is 0 Å². The van der Waals surface area contributed by atoms with E-state index < -0.39 is 22.8 Å². The molecular weight excluding hydrogens is 444 g/mol. The summed E-state index contributed by atoms with van der Waals surface area (Å²) >= 11 is 3.38. The first-order chi connectivity index (χ1) is 13.8. The molecule has 0 saturated heterocycles. The Kier molecular flexibility index (Phi) is 5.92. The zero-order valence-corrected chi connectivity index (χ0v) is 17.0. The van der Waals surface area contributed by atoms with Crippen molar-refractivity contribution in [3.05, 3.63) is 67.7 Å². The fourth-order valence-corrected chi connectivity index (χ4v) is 3.51. The van der Waals surface area contributed by atoms with E-state index in [1.807, 2.05) is 19.1 Å². The number of benzene rings is 2. The van der Waals surface area contributed by atoms with Gasteiger partial charge in [0.2, 0.25) is 0 Å². The Morgan fingerprint density at radius 3 is 2.55 bits per heavy atom. The molecule has 1 heterocycles. The number of nitrogens with one attached hydrogen (secondary N) is 2. The number of anilines is 1. The maximum atomic E-state index is 12.4. The van der Waals surface area contributed by atoms with Crippen LogP contribution in [0.25, 0.3) is 0 Å². The number of amides is 4. The molecule has 0 radical (unpaired) electrons. The van der Waals surface area contributed by atoms with Gasteiger partial charge in [-0.25, -0.2) is 4.79 Å². The molecule has 1 aliphatic rings. The Labute approximate surface area is 174 Å². The Morgan fingerprint density at radius 2 is 1.86 bits per heavy atom. The van der Waals surface area contributed by atoms with Gasteiger partial charge in [-0.1, -0.05) is 6.07 Å². The molecule has 2 N–H and O–H groups in total. The quantitative estimate of drug-likeness (QED) is 0.295. The Bertz CT molecular complexity index is 1020. The molecule has 29 heavy (non-hydrogen) atoms. The van der Waals surface area contributed by atoms with Crippen LogP contribution in [0.4, 0.5) is 16.2 Å². The van der Waals surface area contributed by atoms with Crippen molar-refractivity contribution in [2.24, 2.45) is 0 Å². The Morgan fingerprint density at radius 1 is 1.14 bits per heavy atom. The molecule has 10 heteroatoms. The lowest BCUT2D eigenvalue weighted by Crippen LogP contribution is -2.35. The first kappa shape index (κ1) is 20.5. The Hall–Kier alpha value is -3.27. The predicted octanol–water partition coefficient (Wildman–Crippen LogP) is 3.47. The zero-order valence-electron chi connectivity index (χ0n) is 15.4. The van der Waals surface area contributed by atoms with Crippen molar-refractivity contribution in [3.63, 3.8) is 0 Å². The molecule has 0 atom stereocenters. The highest BCUT2D eigenvalue weighted by atomic mass is 79.9. The van der Waals surface area contributed by atoms with Crippen molar-refractivity contribution in [2.45, 2.75) is 13.3 Å². The van der Waals surface area contributed by atoms with Crippen molar-refractivity contribution in [3.8, 4) is 0 Å². The van der Waals surface area contributed by atoms with E-state index in [1.165, 1.54) is 12.1 Å². The topological polar surface area (TPSA) is 122 Å². The van der Waals surface area contributed by atoms with Crippen LogP contribution in [0.15, 0.2) is 40.9 Å². The second-order valence-electron chi connectivity index (χ2n) is 6.47. The number of rotatable bonds is 6. The van der Waals surface area contributed by atoms with Gasteiger partial charge >= 0.3 is 6.03 Å². The lowest BCUT2D eigenvalue weighted by Gasteiger charge is -2.14. The number of nitro benzene ring substituents is 1. The predicted molar refractivity (Wildman–Crippen MR) is 109 cm³/mol. The number of hydrogen-bond donors (Lipinski definition) is 2. The number of hydrogen-bond acceptors (Lipinski definition) is 5. The normalized spacial score (nSPS) is 12.7. The molecule has 0 spiro atoms. The van der Waals surface area contributed by atoms with Gasteiger partial charge in [-0.15, -0.1) is 0 Å². The molecule has 9 nitrogen and oxygen atoms in total. The summed E-state index contributed by atoms with van der Waals surface area (Å²) in [7, 11) is 0. The summed E-state index contributed by atoms with van der Waals surface area (Å²) in [6, 6.07) is 8.71. The first-order valence-electron chi connectivity index (χ1n) is 8.73. The minimum atomic E-state index is -0.615. The van der Waals surface area contributed by atoms with Gasteiger partial charge in [-0.05, 0) is 53.0 Å². The van der Waals surface area contributed by atoms with Gasteiger partial charge in [0.05, 0.1) is 21.7 Å². The molecule has 0 aromatic heterocycles. The third-order valence-corrected chi connectivity index (χ3v) is 5.04. The average Bonchev–Trinajstić information content (AvgIpc) is 2.91. The van der Waals surface area contributed by atoms with Gasteiger partial charge in [0.1, 0.15) is 0 Å². The largest absolute Gasteiger partial charge is 0.338 e. The van der Waals surface area contributed by atoms with Crippen molar-refractivity contribution in [2.75, 3.05) is 18.4 Å². The van der Waals surface area contributed by atoms with E-state index in [-0.39, 0.29) is 29.9 Å². The molecule has 0 saturated carbocycles. The molecule has 4 amide bonds. The molecule has 2 aromatic rings. The number of non-ortho nitro benzene ring substituents is 1. The summed E-state index contributed by atoms with van der Waals surface area (Å²) in [6.45, 7) is 2.27. The van der Waals surface area contributed by atoms with Crippen LogP contribution in [-0.2, 0) is 0 Å². The number of fused-ring (bicyclic) bond motifs is 1. The third kappa shape index (κ3) is 4.43. The van der Waals surface area contributed by atoms with Gasteiger partial charge < -0.3 is 10.6 Å². The van der Waals surface area contributed by atoms with E-state index in [4.69, 9.17) is 0 Å². The van der Waals surface area contributed by atoms with Gasteiger partial charge in [-0.2, -0.15) is 0 Å². The molecule has 2 aromatic carbocycles. The van der Waals surface area contributed by atoms with E-state index in [2.05, 4.69) is 26.6 Å². The average molecular weight is 461 g/mol. The number of imide groups is 1. The van der Waals surface area contributed by atoms with Crippen molar-refractivity contribution in [1.82, 2.24) is 10.2 Å². The SMILES string of the molecule is Cc1ccc(NC(=O)NCCCN2C(=O)c3ccc([N+](=O)[O-])cc3C2=O)c(Br)c1. The summed E-state index contributed by atoms with van der Waals surface area (Å²) in [6.07, 6.45) is 0.343. The van der Waals surface area contributed by atoms with Crippen LogP contribution in [0.1, 0.15) is 32.7 Å². The van der Waals surface area contributed by atoms with Crippen molar-refractivity contribution < 1.29 is 19.3 Å². The minimum absolute atomic E-state index is 0.0270. The summed E-state index contributed by atoms with van der Waals surface area (Å²) in [5, 5.41) is 16.2. The highest BCUT2D eigenvalue weighted by Gasteiger charge is 2.36. The second-order valence-corrected chi connectivity index (χ2v) is 7.32. The summed E-state index contributed by atoms with van der Waals surface area (Å²) in [5.41, 5.74) is 1.60. The Balaban J connectivity index is 1.51. The maximum absolute atomic E-state index is 12.4. The monoisotopic (exact) mass is 460 g/mol. The zero-order chi connectivity index (χ0) is 21.1. The van der Waals surface area contributed by atoms with E-state index in [1.54, 1.807) is 6.07 Å². The number of urea groups is 1. The fraction of sp³-hybridized carbons (Fsp3) is 0.211. The number of halogens is 1. The molecule has 0 aliphatic carbocycles. The van der Waals surface area contributed by atoms with E-state index in [9.17, 15) is 24.5 Å². The molecule has 0 unspecified atom stereocenters. The van der Waals surface area contributed by atoms with Crippen molar-refractivity contribution >= 4 is 45.2 Å². The number of carbonyl (C=O) groups excluding carboxylic acids is 3. The van der Waals surface area contributed by atoms with Crippen LogP contribution in [-0.4, -0.2) is 40.8 Å². The molecule has 0 fully saturated rings. The lowest BCUT2D eigenvalue weighted by atomic mass is 10.1. The number of nitro groups is 1. The van der Waals surface area contributed by atoms with Crippen LogP contribution in [0.3, 0.4) is 0 Å². The van der Waals surface area contributed by atoms with Gasteiger partial charge in [0.25, 0.3) is 17.5 Å². The molecule has 3 rings (SSSR count). The summed E-state index contributed by atoms with van der Waals surface area (Å²) < 4.78 is 0.757. The molecule has 150 valence electrons. The second kappa shape index (κ2) is 8.39. The van der Waals surface area contributed by atoms with Crippen LogP contribution in [0.5, 0.6) is 0 Å². The highest BCUT2D eigenvalue weighted by molar-refractivity contribution is 9.10. The van der Waals surface area contributed by atoms with Gasteiger partial charge in [0, 0.05) is 29.7 Å². The summed E-state index contributed by atoms with van der Waals surface area (Å²) in [4.78, 5) is 48.0. The summed E-state index contributed by atoms with van der Waals surface area (Å²) in [5.74, 6) is -1.06. The van der Waals surface area contributed by atoms with E-state index in [0.29, 0.717) is 12.1 Å². The molecule has 0 bridgehead atoms. The van der Waals surface area contributed by atoms with Crippen LogP contribution < -0.4 is 10.6 Å². The first-order valence-corrected chi connectivity index (χ1v) is 9.53. The van der Waals surface area contributed by atoms with Gasteiger partial charge in [0.15, 0.2) is 0 Å². The number of carbonyl (C=O) groups is 3. The highest BCUT2D eigenvalue weighted by Crippen LogP contribution is 2.27. The standard InChI is InChI=1S/C19H17BrN4O5/c1-11-3-6-16(15(20)9-11)22-19(27)21-7-2-8-23-17(25)13-5-4-12(24(28)29)10-14(13)18(23)26/h3-6,9-10H,2,7-8H2,1H3,(H2,21,22,27). The van der Waals surface area contributed by atoms with Gasteiger partial charge in [-0.3, -0.25) is 24.6 Å². The molecule has 1 aliphatic heterocycles. The molecular formula is C19H17BrN4O5. The number of nitrogens with zero attached hydrogens (tertiary/aromatic N) is 2. The van der Waals surface area contributed by atoms with E-state index in [0.717, 1.165) is 21.0 Å². The van der Waals surface area contributed by atoms with Crippen molar-refractivity contribution in [1.29, 1.82) is 0 Å². The smallest absolute Gasteiger partial charge is 0.319 e. The van der Waals surface area contributed by atoms with Crippen LogP contribution in [0, 0.1) is 17.0 Å². The van der Waals surface area contributed by atoms with Crippen LogP contribution in [0.2, 0.25) is 0 Å².